The molecule has 1 atom stereocenters. The normalized spacial score (nSPS) is 19.9. The fourth-order valence-corrected chi connectivity index (χ4v) is 1.91. The standard InChI is InChI=1S/C14H16FNO3/c15-12-3-1-2-11(8-12)4-5-14(18)16-6-7-19-13(9-16)10-17/h1-5,8,13,17H,6-7,9-10H2/b5-4+. The number of ether oxygens (including phenoxy) is 1. The third kappa shape index (κ3) is 3.87. The first kappa shape index (κ1) is 13.7. The number of hydrogen-bond acceptors (Lipinski definition) is 3. The van der Waals surface area contributed by atoms with Gasteiger partial charge in [0.25, 0.3) is 0 Å². The minimum Gasteiger partial charge on any atom is -0.394 e. The predicted molar refractivity (Wildman–Crippen MR) is 68.8 cm³/mol. The summed E-state index contributed by atoms with van der Waals surface area (Å²) in [6, 6.07) is 6.03. The molecule has 1 aliphatic rings. The topological polar surface area (TPSA) is 49.8 Å². The number of rotatable bonds is 3. The van der Waals surface area contributed by atoms with Crippen molar-refractivity contribution >= 4 is 12.0 Å². The van der Waals surface area contributed by atoms with Crippen LogP contribution in [0.3, 0.4) is 0 Å². The zero-order chi connectivity index (χ0) is 13.7. The highest BCUT2D eigenvalue weighted by Crippen LogP contribution is 2.08. The molecule has 102 valence electrons. The van der Waals surface area contributed by atoms with E-state index in [1.165, 1.54) is 18.2 Å². The minimum absolute atomic E-state index is 0.0998. The Balaban J connectivity index is 1.96. The number of aliphatic hydroxyl groups excluding tert-OH is 1. The van der Waals surface area contributed by atoms with Crippen molar-refractivity contribution in [1.82, 2.24) is 4.90 Å². The zero-order valence-corrected chi connectivity index (χ0v) is 10.5. The van der Waals surface area contributed by atoms with Gasteiger partial charge in [0, 0.05) is 19.2 Å². The van der Waals surface area contributed by atoms with Crippen LogP contribution in [0.1, 0.15) is 5.56 Å². The highest BCUT2D eigenvalue weighted by atomic mass is 19.1. The van der Waals surface area contributed by atoms with Crippen molar-refractivity contribution in [3.8, 4) is 0 Å². The van der Waals surface area contributed by atoms with E-state index < -0.39 is 0 Å². The number of halogens is 1. The van der Waals surface area contributed by atoms with Crippen molar-refractivity contribution in [1.29, 1.82) is 0 Å². The molecule has 0 saturated carbocycles. The van der Waals surface area contributed by atoms with Gasteiger partial charge in [-0.05, 0) is 23.8 Å². The van der Waals surface area contributed by atoms with Gasteiger partial charge in [0.15, 0.2) is 0 Å². The Morgan fingerprint density at radius 2 is 2.42 bits per heavy atom. The molecule has 0 aromatic heterocycles. The van der Waals surface area contributed by atoms with Gasteiger partial charge in [0.2, 0.25) is 5.91 Å². The van der Waals surface area contributed by atoms with Crippen LogP contribution < -0.4 is 0 Å². The summed E-state index contributed by atoms with van der Waals surface area (Å²) in [7, 11) is 0. The molecule has 0 aliphatic carbocycles. The molecular weight excluding hydrogens is 249 g/mol. The van der Waals surface area contributed by atoms with Crippen molar-refractivity contribution in [3.05, 3.63) is 41.7 Å². The SMILES string of the molecule is O=C(/C=C/c1cccc(F)c1)N1CCOC(CO)C1. The Labute approximate surface area is 111 Å². The van der Waals surface area contributed by atoms with Gasteiger partial charge >= 0.3 is 0 Å². The largest absolute Gasteiger partial charge is 0.394 e. The molecule has 4 nitrogen and oxygen atoms in total. The van der Waals surface area contributed by atoms with Crippen molar-refractivity contribution in [2.45, 2.75) is 6.10 Å². The lowest BCUT2D eigenvalue weighted by Gasteiger charge is -2.31. The zero-order valence-electron chi connectivity index (χ0n) is 10.5. The van der Waals surface area contributed by atoms with Crippen LogP contribution in [0, 0.1) is 5.82 Å². The summed E-state index contributed by atoms with van der Waals surface area (Å²) >= 11 is 0. The number of hydrogen-bond donors (Lipinski definition) is 1. The van der Waals surface area contributed by atoms with Crippen LogP contribution in [-0.4, -0.2) is 48.3 Å². The Hall–Kier alpha value is -1.72. The summed E-state index contributed by atoms with van der Waals surface area (Å²) in [6.07, 6.45) is 2.67. The van der Waals surface area contributed by atoms with Gasteiger partial charge in [0.1, 0.15) is 5.82 Å². The molecule has 1 heterocycles. The number of morpholine rings is 1. The lowest BCUT2D eigenvalue weighted by atomic mass is 10.2. The number of aliphatic hydroxyl groups is 1. The first-order chi connectivity index (χ1) is 9.19. The third-order valence-corrected chi connectivity index (χ3v) is 2.92. The molecule has 5 heteroatoms. The van der Waals surface area contributed by atoms with Crippen molar-refractivity contribution in [2.75, 3.05) is 26.3 Å². The monoisotopic (exact) mass is 265 g/mol. The van der Waals surface area contributed by atoms with Crippen LogP contribution in [0.15, 0.2) is 30.3 Å². The van der Waals surface area contributed by atoms with Crippen LogP contribution in [-0.2, 0) is 9.53 Å². The van der Waals surface area contributed by atoms with E-state index in [0.717, 1.165) is 0 Å². The molecule has 0 spiro atoms. The van der Waals surface area contributed by atoms with Gasteiger partial charge < -0.3 is 14.7 Å². The van der Waals surface area contributed by atoms with Crippen molar-refractivity contribution < 1.29 is 19.0 Å². The van der Waals surface area contributed by atoms with Gasteiger partial charge in [-0.15, -0.1) is 0 Å². The van der Waals surface area contributed by atoms with Gasteiger partial charge in [0.05, 0.1) is 19.3 Å². The van der Waals surface area contributed by atoms with Crippen molar-refractivity contribution in [3.63, 3.8) is 0 Å². The molecule has 1 saturated heterocycles. The Kier molecular flexibility index (Phi) is 4.65. The molecule has 0 radical (unpaired) electrons. The maximum absolute atomic E-state index is 13.0. The number of carbonyl (C=O) groups excluding carboxylic acids is 1. The summed E-state index contributed by atoms with van der Waals surface area (Å²) in [5, 5.41) is 9.01. The summed E-state index contributed by atoms with van der Waals surface area (Å²) < 4.78 is 18.2. The van der Waals surface area contributed by atoms with E-state index in [1.807, 2.05) is 0 Å². The molecule has 1 fully saturated rings. The second-order valence-corrected chi connectivity index (χ2v) is 4.35. The minimum atomic E-state index is -0.332. The lowest BCUT2D eigenvalue weighted by molar-refractivity contribution is -0.134. The first-order valence-corrected chi connectivity index (χ1v) is 6.14. The van der Waals surface area contributed by atoms with Crippen LogP contribution >= 0.6 is 0 Å². The smallest absolute Gasteiger partial charge is 0.246 e. The number of amides is 1. The number of carbonyl (C=O) groups is 1. The van der Waals surface area contributed by atoms with Gasteiger partial charge in [-0.25, -0.2) is 4.39 Å². The second kappa shape index (κ2) is 6.45. The molecule has 19 heavy (non-hydrogen) atoms. The quantitative estimate of drug-likeness (QED) is 0.831. The Morgan fingerprint density at radius 3 is 3.16 bits per heavy atom. The van der Waals surface area contributed by atoms with Gasteiger partial charge in [-0.1, -0.05) is 12.1 Å². The van der Waals surface area contributed by atoms with E-state index in [-0.39, 0.29) is 24.4 Å². The molecule has 2 rings (SSSR count). The second-order valence-electron chi connectivity index (χ2n) is 4.35. The van der Waals surface area contributed by atoms with Crippen LogP contribution in [0.5, 0.6) is 0 Å². The average molecular weight is 265 g/mol. The van der Waals surface area contributed by atoms with Crippen LogP contribution in [0.4, 0.5) is 4.39 Å². The van der Waals surface area contributed by atoms with Crippen LogP contribution in [0.25, 0.3) is 6.08 Å². The lowest BCUT2D eigenvalue weighted by Crippen LogP contribution is -2.46. The van der Waals surface area contributed by atoms with E-state index in [9.17, 15) is 9.18 Å². The summed E-state index contributed by atoms with van der Waals surface area (Å²) in [4.78, 5) is 13.5. The number of benzene rings is 1. The highest BCUT2D eigenvalue weighted by molar-refractivity contribution is 5.91. The van der Waals surface area contributed by atoms with E-state index in [2.05, 4.69) is 0 Å². The molecule has 1 N–H and O–H groups in total. The third-order valence-electron chi connectivity index (χ3n) is 2.92. The average Bonchev–Trinajstić information content (AvgIpc) is 2.45. The predicted octanol–water partition coefficient (Wildman–Crippen LogP) is 1.06. The fraction of sp³-hybridized carbons (Fsp3) is 0.357. The summed E-state index contributed by atoms with van der Waals surface area (Å²) in [5.74, 6) is -0.493. The summed E-state index contributed by atoms with van der Waals surface area (Å²) in [5.41, 5.74) is 0.639. The van der Waals surface area contributed by atoms with Crippen molar-refractivity contribution in [2.24, 2.45) is 0 Å². The molecule has 1 aromatic carbocycles. The molecular formula is C14H16FNO3. The summed E-state index contributed by atoms with van der Waals surface area (Å²) in [6.45, 7) is 1.20. The Bertz CT molecular complexity index is 476. The van der Waals surface area contributed by atoms with E-state index in [4.69, 9.17) is 9.84 Å². The van der Waals surface area contributed by atoms with E-state index in [1.54, 1.807) is 23.1 Å². The molecule has 1 aliphatic heterocycles. The first-order valence-electron chi connectivity index (χ1n) is 6.14. The maximum atomic E-state index is 13.0. The molecule has 1 unspecified atom stereocenters. The van der Waals surface area contributed by atoms with E-state index >= 15 is 0 Å². The molecule has 0 bridgehead atoms. The highest BCUT2D eigenvalue weighted by Gasteiger charge is 2.21. The molecule has 1 amide bonds. The number of nitrogens with zero attached hydrogens (tertiary/aromatic N) is 1. The Morgan fingerprint density at radius 1 is 1.58 bits per heavy atom. The maximum Gasteiger partial charge on any atom is 0.246 e. The van der Waals surface area contributed by atoms with Gasteiger partial charge in [-0.3, -0.25) is 4.79 Å². The molecule has 1 aromatic rings. The van der Waals surface area contributed by atoms with E-state index in [0.29, 0.717) is 25.3 Å². The van der Waals surface area contributed by atoms with Crippen LogP contribution in [0.2, 0.25) is 0 Å². The van der Waals surface area contributed by atoms with Gasteiger partial charge in [-0.2, -0.15) is 0 Å². The fourth-order valence-electron chi connectivity index (χ4n) is 1.91.